The quantitative estimate of drug-likeness (QED) is 0.634. The first-order valence-corrected chi connectivity index (χ1v) is 5.30. The summed E-state index contributed by atoms with van der Waals surface area (Å²) in [6.07, 6.45) is 0. The van der Waals surface area contributed by atoms with E-state index in [1.807, 2.05) is 0 Å². The van der Waals surface area contributed by atoms with Crippen LogP contribution in [0.4, 0.5) is 0 Å². The Morgan fingerprint density at radius 3 is 1.61 bits per heavy atom. The van der Waals surface area contributed by atoms with E-state index in [2.05, 4.69) is 49.1 Å². The molecule has 0 bridgehead atoms. The molecule has 0 aromatic heterocycles. The Hall–Kier alpha value is -2.12. The Morgan fingerprint density at radius 1 is 0.913 bits per heavy atom. The Labute approximate surface area is 141 Å². The molecule has 1 rings (SSSR count). The predicted molar refractivity (Wildman–Crippen MR) is 65.4 cm³/mol. The van der Waals surface area contributed by atoms with Gasteiger partial charge in [-0.05, 0) is 0 Å². The van der Waals surface area contributed by atoms with Gasteiger partial charge in [0.1, 0.15) is 0 Å². The molecule has 0 atom stereocenters. The van der Waals surface area contributed by atoms with Crippen LogP contribution in [0.3, 0.4) is 0 Å². The summed E-state index contributed by atoms with van der Waals surface area (Å²) >= 11 is 2.77. The van der Waals surface area contributed by atoms with Crippen LogP contribution in [0.15, 0.2) is 18.2 Å². The molecular formula is C14H10CrO8. The first kappa shape index (κ1) is 32.7. The molecule has 1 aromatic carbocycles. The maximum atomic E-state index is 9.18. The molecule has 120 valence electrons. The van der Waals surface area contributed by atoms with E-state index in [-0.39, 0.29) is 5.75 Å². The SMILES string of the molecule is CO[C](=[Cr])c1ccc(O)cc1OC.[C-]#[O+].[C-]#[O+].[C-]#[O+].[C-]#[O+].[C-]#[O+]. The molecule has 0 unspecified atom stereocenters. The van der Waals surface area contributed by atoms with Gasteiger partial charge in [-0.15, -0.1) is 0 Å². The van der Waals surface area contributed by atoms with Crippen LogP contribution in [0.5, 0.6) is 11.5 Å². The Bertz CT molecular complexity index is 479. The first-order valence-electron chi connectivity index (χ1n) is 4.66. The monoisotopic (exact) mass is 358 g/mol. The molecule has 0 radical (unpaired) electrons. The summed E-state index contributed by atoms with van der Waals surface area (Å²) in [5.74, 6) is 0.750. The van der Waals surface area contributed by atoms with E-state index in [0.717, 1.165) is 5.56 Å². The standard InChI is InChI=1S/C9H10O3.5CO.Cr/c1-11-6-7-3-4-8(10)5-9(7)12-2;5*1-2;/h3-5,10H,1-2H3;;;;;;. The van der Waals surface area contributed by atoms with Gasteiger partial charge in [0.25, 0.3) is 0 Å². The molecule has 0 saturated heterocycles. The third-order valence-corrected chi connectivity index (χ3v) is 2.19. The second-order valence-electron chi connectivity index (χ2n) is 2.38. The predicted octanol–water partition coefficient (Wildman–Crippen LogP) is 0.884. The zero-order valence-electron chi connectivity index (χ0n) is 11.9. The number of phenolic OH excluding ortho intramolecular Hbond substituents is 1. The van der Waals surface area contributed by atoms with E-state index in [1.165, 1.54) is 6.07 Å². The second kappa shape index (κ2) is 32.0. The van der Waals surface area contributed by atoms with Crippen LogP contribution >= 0.6 is 0 Å². The molecule has 0 aliphatic carbocycles. The Kier molecular flexibility index (Phi) is 45.5. The fraction of sp³-hybridized carbons (Fsp3) is 0.143. The summed E-state index contributed by atoms with van der Waals surface area (Å²) in [6, 6.07) is 4.84. The number of hydrogen-bond donors (Lipinski definition) is 1. The van der Waals surface area contributed by atoms with Crippen molar-refractivity contribution in [2.75, 3.05) is 14.2 Å². The first-order chi connectivity index (χ1) is 11.2. The minimum absolute atomic E-state index is 0.171. The molecule has 0 heterocycles. The van der Waals surface area contributed by atoms with Gasteiger partial charge in [-0.25, -0.2) is 0 Å². The summed E-state index contributed by atoms with van der Waals surface area (Å²) in [6.45, 7) is 22.5. The van der Waals surface area contributed by atoms with E-state index in [0.29, 0.717) is 10.3 Å². The summed E-state index contributed by atoms with van der Waals surface area (Å²) < 4.78 is 48.2. The van der Waals surface area contributed by atoms with Gasteiger partial charge in [0, 0.05) is 0 Å². The molecule has 0 aliphatic rings. The molecule has 0 fully saturated rings. The van der Waals surface area contributed by atoms with Gasteiger partial charge < -0.3 is 0 Å². The molecule has 0 aliphatic heterocycles. The number of phenols is 1. The summed E-state index contributed by atoms with van der Waals surface area (Å²) in [5.41, 5.74) is 0.794. The van der Waals surface area contributed by atoms with Crippen LogP contribution in [0.25, 0.3) is 0 Å². The van der Waals surface area contributed by atoms with Crippen LogP contribution in [0, 0.1) is 33.3 Å². The van der Waals surface area contributed by atoms with E-state index < -0.39 is 0 Å². The van der Waals surface area contributed by atoms with Crippen molar-refractivity contribution in [2.24, 2.45) is 0 Å². The van der Waals surface area contributed by atoms with E-state index in [9.17, 15) is 5.11 Å². The van der Waals surface area contributed by atoms with Crippen molar-refractivity contribution in [2.45, 2.75) is 0 Å². The maximum absolute atomic E-state index is 9.18. The molecule has 0 saturated carbocycles. The zero-order valence-corrected chi connectivity index (χ0v) is 13.2. The summed E-state index contributed by atoms with van der Waals surface area (Å²) in [5, 5.41) is 9.18. The molecular weight excluding hydrogens is 348 g/mol. The Balaban J connectivity index is -0.0000000923. The van der Waals surface area contributed by atoms with Gasteiger partial charge in [-0.2, -0.15) is 0 Å². The van der Waals surface area contributed by atoms with Crippen molar-refractivity contribution in [3.63, 3.8) is 0 Å². The van der Waals surface area contributed by atoms with E-state index in [1.54, 1.807) is 26.4 Å². The molecule has 0 spiro atoms. The van der Waals surface area contributed by atoms with E-state index in [4.69, 9.17) is 32.7 Å². The van der Waals surface area contributed by atoms with Crippen molar-refractivity contribution < 1.29 is 53.7 Å². The van der Waals surface area contributed by atoms with Crippen LogP contribution in [0.2, 0.25) is 0 Å². The van der Waals surface area contributed by atoms with Crippen molar-refractivity contribution >= 4 is 4.57 Å². The van der Waals surface area contributed by atoms with Crippen LogP contribution < -0.4 is 4.74 Å². The number of hydrogen-bond acceptors (Lipinski definition) is 3. The Morgan fingerprint density at radius 2 is 1.30 bits per heavy atom. The number of benzene rings is 1. The zero-order chi connectivity index (χ0) is 19.8. The van der Waals surface area contributed by atoms with Crippen LogP contribution in [-0.2, 0) is 43.8 Å². The number of rotatable bonds is 3. The van der Waals surface area contributed by atoms with Crippen LogP contribution in [0.1, 0.15) is 5.56 Å². The van der Waals surface area contributed by atoms with Gasteiger partial charge >= 0.3 is 141 Å². The summed E-state index contributed by atoms with van der Waals surface area (Å²) in [4.78, 5) is 0. The topological polar surface area (TPSA) is 138 Å². The van der Waals surface area contributed by atoms with Gasteiger partial charge in [0.15, 0.2) is 0 Å². The van der Waals surface area contributed by atoms with E-state index >= 15 is 0 Å². The molecule has 9 heteroatoms. The second-order valence-corrected chi connectivity index (χ2v) is 2.96. The third-order valence-electron chi connectivity index (χ3n) is 1.59. The third kappa shape index (κ3) is 17.8. The van der Waals surface area contributed by atoms with Gasteiger partial charge in [-0.3, -0.25) is 0 Å². The minimum atomic E-state index is 0.171. The fourth-order valence-electron chi connectivity index (χ4n) is 0.958. The molecule has 23 heavy (non-hydrogen) atoms. The number of ether oxygens (including phenoxy) is 2. The summed E-state index contributed by atoms with van der Waals surface area (Å²) in [7, 11) is 3.11. The molecule has 1 aromatic rings. The van der Waals surface area contributed by atoms with Crippen molar-refractivity contribution in [1.82, 2.24) is 0 Å². The number of methoxy groups -OCH3 is 2. The normalized spacial score (nSPS) is 5.91. The number of aromatic hydroxyl groups is 1. The van der Waals surface area contributed by atoms with Crippen molar-refractivity contribution in [3.8, 4) is 11.5 Å². The van der Waals surface area contributed by atoms with Crippen molar-refractivity contribution in [3.05, 3.63) is 57.0 Å². The molecule has 8 nitrogen and oxygen atoms in total. The van der Waals surface area contributed by atoms with Crippen molar-refractivity contribution in [1.29, 1.82) is 0 Å². The average molecular weight is 358 g/mol. The van der Waals surface area contributed by atoms with Gasteiger partial charge in [0.2, 0.25) is 0 Å². The van der Waals surface area contributed by atoms with Gasteiger partial charge in [-0.1, -0.05) is 0 Å². The van der Waals surface area contributed by atoms with Crippen LogP contribution in [-0.4, -0.2) is 23.9 Å². The fourth-order valence-corrected chi connectivity index (χ4v) is 1.22. The molecule has 0 amide bonds. The average Bonchev–Trinajstić information content (AvgIpc) is 2.69. The molecule has 1 N–H and O–H groups in total. The van der Waals surface area contributed by atoms with Gasteiger partial charge in [0.05, 0.1) is 0 Å².